The zero-order valence-electron chi connectivity index (χ0n) is 7.01. The van der Waals surface area contributed by atoms with Gasteiger partial charge < -0.3 is 11.1 Å². The molecular formula is C9H16N2. The molecule has 1 fully saturated rings. The Kier molecular flexibility index (Phi) is 2.92. The van der Waals surface area contributed by atoms with Gasteiger partial charge in [-0.2, -0.15) is 0 Å². The molecule has 3 unspecified atom stereocenters. The summed E-state index contributed by atoms with van der Waals surface area (Å²) in [6.45, 7) is 2.00. The molecule has 3 atom stereocenters. The lowest BCUT2D eigenvalue weighted by atomic mass is 10.2. The predicted molar refractivity (Wildman–Crippen MR) is 47.0 cm³/mol. The molecule has 0 radical (unpaired) electrons. The minimum atomic E-state index is 0.185. The summed E-state index contributed by atoms with van der Waals surface area (Å²) >= 11 is 0. The first-order chi connectivity index (χ1) is 5.22. The average Bonchev–Trinajstić information content (AvgIpc) is 2.35. The summed E-state index contributed by atoms with van der Waals surface area (Å²) in [5.74, 6) is 2.65. The van der Waals surface area contributed by atoms with Crippen molar-refractivity contribution in [2.75, 3.05) is 0 Å². The van der Waals surface area contributed by atoms with Crippen LogP contribution in [0.2, 0.25) is 0 Å². The fourth-order valence-corrected chi connectivity index (χ4v) is 1.57. The molecule has 2 nitrogen and oxygen atoms in total. The van der Waals surface area contributed by atoms with Gasteiger partial charge in [0.1, 0.15) is 0 Å². The molecule has 1 saturated carbocycles. The molecule has 11 heavy (non-hydrogen) atoms. The first-order valence-electron chi connectivity index (χ1n) is 4.20. The van der Waals surface area contributed by atoms with Crippen LogP contribution in [0.25, 0.3) is 0 Å². The molecular weight excluding hydrogens is 136 g/mol. The van der Waals surface area contributed by atoms with Crippen molar-refractivity contribution < 1.29 is 0 Å². The zero-order chi connectivity index (χ0) is 8.27. The maximum atomic E-state index is 5.75. The Hall–Kier alpha value is -0.520. The highest BCUT2D eigenvalue weighted by Gasteiger charge is 2.21. The first kappa shape index (κ1) is 8.58. The Bertz CT molecular complexity index is 159. The summed E-state index contributed by atoms with van der Waals surface area (Å²) in [5.41, 5.74) is 5.75. The van der Waals surface area contributed by atoms with Crippen molar-refractivity contribution >= 4 is 0 Å². The molecule has 3 N–H and O–H groups in total. The Balaban J connectivity index is 2.24. The number of rotatable bonds is 2. The summed E-state index contributed by atoms with van der Waals surface area (Å²) in [6, 6.07) is 1.12. The average molecular weight is 152 g/mol. The van der Waals surface area contributed by atoms with Crippen LogP contribution in [0.4, 0.5) is 0 Å². The fraction of sp³-hybridized carbons (Fsp3) is 0.778. The van der Waals surface area contributed by atoms with E-state index in [-0.39, 0.29) is 6.04 Å². The summed E-state index contributed by atoms with van der Waals surface area (Å²) in [5, 5.41) is 3.34. The third kappa shape index (κ3) is 2.53. The quantitative estimate of drug-likeness (QED) is 0.565. The van der Waals surface area contributed by atoms with Crippen molar-refractivity contribution in [2.24, 2.45) is 5.73 Å². The van der Waals surface area contributed by atoms with Crippen LogP contribution in [0.15, 0.2) is 0 Å². The van der Waals surface area contributed by atoms with E-state index in [9.17, 15) is 0 Å². The van der Waals surface area contributed by atoms with Crippen molar-refractivity contribution in [1.29, 1.82) is 0 Å². The van der Waals surface area contributed by atoms with Crippen LogP contribution >= 0.6 is 0 Å². The highest BCUT2D eigenvalue weighted by Crippen LogP contribution is 2.17. The van der Waals surface area contributed by atoms with E-state index < -0.39 is 0 Å². The van der Waals surface area contributed by atoms with E-state index in [1.807, 2.05) is 6.92 Å². The fourth-order valence-electron chi connectivity index (χ4n) is 1.57. The first-order valence-corrected chi connectivity index (χ1v) is 4.20. The predicted octanol–water partition coefficient (Wildman–Crippen LogP) is 0.477. The van der Waals surface area contributed by atoms with Crippen LogP contribution in [0.3, 0.4) is 0 Å². The number of nitrogens with two attached hydrogens (primary N) is 1. The van der Waals surface area contributed by atoms with Crippen LogP contribution in [-0.4, -0.2) is 18.1 Å². The molecule has 0 saturated heterocycles. The van der Waals surface area contributed by atoms with Gasteiger partial charge >= 0.3 is 0 Å². The van der Waals surface area contributed by atoms with Crippen molar-refractivity contribution in [2.45, 2.75) is 44.3 Å². The molecule has 0 spiro atoms. The van der Waals surface area contributed by atoms with Gasteiger partial charge in [-0.1, -0.05) is 5.92 Å². The van der Waals surface area contributed by atoms with Crippen molar-refractivity contribution in [3.63, 3.8) is 0 Å². The molecule has 2 heteroatoms. The molecule has 62 valence electrons. The molecule has 0 aliphatic heterocycles. The van der Waals surface area contributed by atoms with Gasteiger partial charge in [-0.05, 0) is 26.2 Å². The number of hydrogen-bond donors (Lipinski definition) is 2. The molecule has 0 amide bonds. The molecule has 1 aliphatic rings. The van der Waals surface area contributed by atoms with Gasteiger partial charge in [-0.25, -0.2) is 0 Å². The molecule has 0 heterocycles. The second-order valence-electron chi connectivity index (χ2n) is 3.33. The summed E-state index contributed by atoms with van der Waals surface area (Å²) < 4.78 is 0. The number of nitrogens with one attached hydrogen (secondary N) is 1. The second kappa shape index (κ2) is 3.75. The summed E-state index contributed by atoms with van der Waals surface area (Å²) in [4.78, 5) is 0. The van der Waals surface area contributed by atoms with E-state index in [0.29, 0.717) is 12.1 Å². The third-order valence-corrected chi connectivity index (χ3v) is 2.21. The maximum absolute atomic E-state index is 5.75. The summed E-state index contributed by atoms with van der Waals surface area (Å²) in [7, 11) is 0. The Morgan fingerprint density at radius 3 is 2.82 bits per heavy atom. The van der Waals surface area contributed by atoms with E-state index in [0.717, 1.165) is 12.8 Å². The normalized spacial score (nSPS) is 33.2. The van der Waals surface area contributed by atoms with Gasteiger partial charge in [0.15, 0.2) is 0 Å². The third-order valence-electron chi connectivity index (χ3n) is 2.21. The van der Waals surface area contributed by atoms with Crippen LogP contribution in [0.5, 0.6) is 0 Å². The molecule has 0 aromatic carbocycles. The van der Waals surface area contributed by atoms with Crippen LogP contribution < -0.4 is 11.1 Å². The van der Waals surface area contributed by atoms with E-state index in [4.69, 9.17) is 12.2 Å². The standard InChI is InChI=1S/C9H16N2/c1-3-7(2)11-9-5-4-8(10)6-9/h1,7-9,11H,4-6,10H2,2H3. The van der Waals surface area contributed by atoms with Gasteiger partial charge in [0.25, 0.3) is 0 Å². The lowest BCUT2D eigenvalue weighted by molar-refractivity contribution is 0.496. The van der Waals surface area contributed by atoms with E-state index in [1.54, 1.807) is 0 Å². The maximum Gasteiger partial charge on any atom is 0.0660 e. The minimum Gasteiger partial charge on any atom is -0.328 e. The van der Waals surface area contributed by atoms with E-state index in [1.165, 1.54) is 6.42 Å². The second-order valence-corrected chi connectivity index (χ2v) is 3.33. The Morgan fingerprint density at radius 2 is 2.36 bits per heavy atom. The van der Waals surface area contributed by atoms with Crippen molar-refractivity contribution in [3.05, 3.63) is 0 Å². The lowest BCUT2D eigenvalue weighted by Gasteiger charge is -2.14. The van der Waals surface area contributed by atoms with Crippen molar-refractivity contribution in [3.8, 4) is 12.3 Å². The zero-order valence-corrected chi connectivity index (χ0v) is 7.01. The largest absolute Gasteiger partial charge is 0.328 e. The topological polar surface area (TPSA) is 38.0 Å². The van der Waals surface area contributed by atoms with Gasteiger partial charge in [0, 0.05) is 12.1 Å². The SMILES string of the molecule is C#CC(C)NC1CCC(N)C1. The lowest BCUT2D eigenvalue weighted by Crippen LogP contribution is -2.34. The van der Waals surface area contributed by atoms with Crippen LogP contribution in [-0.2, 0) is 0 Å². The van der Waals surface area contributed by atoms with Gasteiger partial charge in [0.05, 0.1) is 6.04 Å². The Labute approximate surface area is 68.5 Å². The smallest absolute Gasteiger partial charge is 0.0660 e. The highest BCUT2D eigenvalue weighted by atomic mass is 15.0. The van der Waals surface area contributed by atoms with Crippen molar-refractivity contribution in [1.82, 2.24) is 5.32 Å². The van der Waals surface area contributed by atoms with Gasteiger partial charge in [-0.15, -0.1) is 6.42 Å². The van der Waals surface area contributed by atoms with Crippen LogP contribution in [0.1, 0.15) is 26.2 Å². The van der Waals surface area contributed by atoms with Gasteiger partial charge in [-0.3, -0.25) is 0 Å². The number of terminal acetylenes is 1. The van der Waals surface area contributed by atoms with E-state index >= 15 is 0 Å². The van der Waals surface area contributed by atoms with Crippen LogP contribution in [0, 0.1) is 12.3 Å². The molecule has 0 bridgehead atoms. The van der Waals surface area contributed by atoms with E-state index in [2.05, 4.69) is 11.2 Å². The molecule has 0 aromatic rings. The molecule has 1 rings (SSSR count). The minimum absolute atomic E-state index is 0.185. The monoisotopic (exact) mass is 152 g/mol. The Morgan fingerprint density at radius 1 is 1.64 bits per heavy atom. The molecule has 1 aliphatic carbocycles. The highest BCUT2D eigenvalue weighted by molar-refractivity contribution is 4.98. The summed E-state index contributed by atoms with van der Waals surface area (Å²) in [6.07, 6.45) is 8.62. The number of hydrogen-bond acceptors (Lipinski definition) is 2. The van der Waals surface area contributed by atoms with Gasteiger partial charge in [0.2, 0.25) is 0 Å². The molecule has 0 aromatic heterocycles.